The van der Waals surface area contributed by atoms with Crippen molar-refractivity contribution in [3.05, 3.63) is 23.8 Å². The summed E-state index contributed by atoms with van der Waals surface area (Å²) >= 11 is 0. The molecular weight excluding hydrogens is 926 g/mol. The molecule has 8 N–H and O–H groups in total. The van der Waals surface area contributed by atoms with Crippen LogP contribution >= 0.6 is 12.4 Å². The van der Waals surface area contributed by atoms with Gasteiger partial charge in [-0.3, -0.25) is 14.4 Å². The number of halogens is 1. The van der Waals surface area contributed by atoms with Crippen molar-refractivity contribution in [2.45, 2.75) is 96.8 Å². The second-order valence-electron chi connectivity index (χ2n) is 18.3. The molecule has 3 aromatic rings. The van der Waals surface area contributed by atoms with Gasteiger partial charge in [-0.1, -0.05) is 44.0 Å². The lowest BCUT2D eigenvalue weighted by Gasteiger charge is -2.38. The van der Waals surface area contributed by atoms with E-state index in [1.807, 2.05) is 14.7 Å². The molecule has 2 unspecified atom stereocenters. The van der Waals surface area contributed by atoms with E-state index in [9.17, 15) is 19.5 Å². The number of rotatable bonds is 30. The molecular formula is C45H76ClN17O7. The minimum Gasteiger partial charge on any atom is -0.481 e. The molecule has 3 aromatic heterocycles. The van der Waals surface area contributed by atoms with Crippen LogP contribution in [0.15, 0.2) is 12.4 Å². The number of aromatic nitrogens is 9. The van der Waals surface area contributed by atoms with Crippen LogP contribution in [0.4, 0.5) is 17.8 Å². The number of hydrogen-bond donors (Lipinski definition) is 5. The average Bonchev–Trinajstić information content (AvgIpc) is 4.03. The number of terminal acetylenes is 1. The van der Waals surface area contributed by atoms with Crippen LogP contribution < -0.4 is 32.3 Å². The molecule has 0 saturated carbocycles. The summed E-state index contributed by atoms with van der Waals surface area (Å²) in [6.07, 6.45) is 12.0. The van der Waals surface area contributed by atoms with E-state index >= 15 is 0 Å². The normalized spacial score (nSPS) is 15.9. The van der Waals surface area contributed by atoms with E-state index < -0.39 is 18.1 Å². The zero-order valence-electron chi connectivity index (χ0n) is 41.3. The van der Waals surface area contributed by atoms with Crippen molar-refractivity contribution in [3.63, 3.8) is 0 Å². The molecule has 0 radical (unpaired) electrons. The van der Waals surface area contributed by atoms with Crippen LogP contribution in [0, 0.1) is 24.2 Å². The fraction of sp³-hybridized carbons (Fsp3) is 0.733. The van der Waals surface area contributed by atoms with Gasteiger partial charge in [-0.25, -0.2) is 9.36 Å². The zero-order valence-corrected chi connectivity index (χ0v) is 42.1. The average molecular weight is 1000 g/mol. The first-order valence-electron chi connectivity index (χ1n) is 24.3. The van der Waals surface area contributed by atoms with E-state index in [-0.39, 0.29) is 55.8 Å². The maximum atomic E-state index is 14.2. The Labute approximate surface area is 417 Å². The van der Waals surface area contributed by atoms with Crippen LogP contribution in [-0.2, 0) is 28.6 Å². The second kappa shape index (κ2) is 29.8. The molecule has 2 aliphatic heterocycles. The minimum atomic E-state index is -1.01. The SMILES string of the molecule is C#CCOCCOCCOCCNc1nc(N2CCN(C(=O)[C@H](CCCCN)n3cc(C(N)CC(C)C)nn3)CC2)nc(N2CCN(C(=O)[C@H](CCC(=O)O)n3cc(C(N)CC(C)C)nn3)CC2)n1.Cl. The Bertz CT molecular complexity index is 2070. The molecule has 0 spiro atoms. The van der Waals surface area contributed by atoms with Gasteiger partial charge in [0.25, 0.3) is 0 Å². The summed E-state index contributed by atoms with van der Waals surface area (Å²) in [6.45, 7) is 14.7. The number of carboxylic acid groups (broad SMARTS) is 1. The zero-order chi connectivity index (χ0) is 49.7. The molecule has 2 aliphatic rings. The van der Waals surface area contributed by atoms with E-state index in [1.54, 1.807) is 22.0 Å². The number of aliphatic carboxylic acids is 1. The molecule has 24 nitrogen and oxygen atoms in total. The molecule has 2 saturated heterocycles. The highest BCUT2D eigenvalue weighted by Crippen LogP contribution is 2.26. The van der Waals surface area contributed by atoms with Crippen LogP contribution in [0.2, 0.25) is 0 Å². The summed E-state index contributed by atoms with van der Waals surface area (Å²) < 4.78 is 19.6. The monoisotopic (exact) mass is 1000 g/mol. The first-order valence-corrected chi connectivity index (χ1v) is 24.3. The van der Waals surface area contributed by atoms with Crippen molar-refractivity contribution in [1.29, 1.82) is 0 Å². The van der Waals surface area contributed by atoms with Gasteiger partial charge in [0.2, 0.25) is 29.7 Å². The summed E-state index contributed by atoms with van der Waals surface area (Å²) in [6, 6.07) is -2.05. The third-order valence-corrected chi connectivity index (χ3v) is 11.9. The minimum absolute atomic E-state index is 0. The van der Waals surface area contributed by atoms with Crippen LogP contribution in [-0.4, -0.2) is 183 Å². The number of nitrogens with zero attached hydrogens (tertiary/aromatic N) is 13. The number of ether oxygens (including phenoxy) is 3. The maximum absolute atomic E-state index is 14.2. The van der Waals surface area contributed by atoms with E-state index in [0.29, 0.717) is 152 Å². The van der Waals surface area contributed by atoms with Crippen molar-refractivity contribution >= 4 is 48.0 Å². The molecule has 2 amide bonds. The summed E-state index contributed by atoms with van der Waals surface area (Å²) in [5.74, 6) is 3.04. The summed E-state index contributed by atoms with van der Waals surface area (Å²) in [7, 11) is 0. The Morgan fingerprint density at radius 1 is 0.714 bits per heavy atom. The van der Waals surface area contributed by atoms with Gasteiger partial charge in [0.1, 0.15) is 18.7 Å². The Morgan fingerprint density at radius 3 is 1.64 bits per heavy atom. The molecule has 4 atom stereocenters. The number of hydrogen-bond acceptors (Lipinski definition) is 19. The topological polar surface area (TPSA) is 302 Å². The number of carbonyl (C=O) groups is 3. The van der Waals surface area contributed by atoms with E-state index in [1.165, 1.54) is 4.68 Å². The van der Waals surface area contributed by atoms with Crippen molar-refractivity contribution in [3.8, 4) is 12.3 Å². The van der Waals surface area contributed by atoms with E-state index in [4.69, 9.17) is 52.8 Å². The third kappa shape index (κ3) is 17.8. The number of piperazine rings is 2. The summed E-state index contributed by atoms with van der Waals surface area (Å²) in [4.78, 5) is 62.1. The molecule has 390 valence electrons. The van der Waals surface area contributed by atoms with Crippen molar-refractivity contribution in [2.24, 2.45) is 29.0 Å². The Morgan fingerprint density at radius 2 is 1.19 bits per heavy atom. The molecule has 0 aromatic carbocycles. The first kappa shape index (κ1) is 57.3. The number of carbonyl (C=O) groups excluding carboxylic acids is 2. The van der Waals surface area contributed by atoms with Gasteiger partial charge >= 0.3 is 5.97 Å². The maximum Gasteiger partial charge on any atom is 0.303 e. The highest BCUT2D eigenvalue weighted by atomic mass is 35.5. The lowest BCUT2D eigenvalue weighted by molar-refractivity contribution is -0.139. The highest BCUT2D eigenvalue weighted by molar-refractivity contribution is 5.85. The quantitative estimate of drug-likeness (QED) is 0.0466. The van der Waals surface area contributed by atoms with Gasteiger partial charge in [-0.05, 0) is 56.9 Å². The number of nitrogens with two attached hydrogens (primary N) is 3. The standard InChI is InChI=1S/C45H75N17O7.ClH/c1-6-22-67-24-26-69-27-25-68-23-13-49-43-50-44(59-18-14-57(15-19-59)41(65)38(9-7-8-12-46)61-30-36(53-55-61)34(47)28-32(2)3)52-45(51-43)60-20-16-58(17-21-60)42(66)39(10-11-40(63)64)62-31-37(54-56-62)35(48)29-33(4)5;/h1,30-35,38-39H,7-29,46-48H2,2-5H3,(H,63,64)(H,49,50,51,52);1H/t34?,35?,38-,39-;/m0./s1. The molecule has 0 aliphatic carbocycles. The molecule has 70 heavy (non-hydrogen) atoms. The molecule has 2 fully saturated rings. The van der Waals surface area contributed by atoms with E-state index in [2.05, 4.69) is 59.6 Å². The number of anilines is 3. The lowest BCUT2D eigenvalue weighted by Crippen LogP contribution is -2.52. The lowest BCUT2D eigenvalue weighted by atomic mass is 10.0. The van der Waals surface area contributed by atoms with Crippen LogP contribution in [0.25, 0.3) is 0 Å². The second-order valence-corrected chi connectivity index (χ2v) is 18.3. The van der Waals surface area contributed by atoms with Gasteiger partial charge in [0.15, 0.2) is 0 Å². The number of carboxylic acids is 1. The molecule has 25 heteroatoms. The Kier molecular flexibility index (Phi) is 24.4. The van der Waals surface area contributed by atoms with Gasteiger partial charge in [0.05, 0.1) is 68.9 Å². The Balaban J connectivity index is 0.0000107. The van der Waals surface area contributed by atoms with Crippen molar-refractivity contribution in [2.75, 3.05) is 120 Å². The summed E-state index contributed by atoms with van der Waals surface area (Å²) in [5.41, 5.74) is 19.8. The molecule has 5 rings (SSSR count). The number of amides is 2. The van der Waals surface area contributed by atoms with Crippen molar-refractivity contribution < 1.29 is 33.7 Å². The predicted octanol–water partition coefficient (Wildman–Crippen LogP) is 1.44. The first-order chi connectivity index (χ1) is 33.3. The van der Waals surface area contributed by atoms with Crippen molar-refractivity contribution in [1.82, 2.24) is 54.7 Å². The summed E-state index contributed by atoms with van der Waals surface area (Å²) in [5, 5.41) is 30.0. The van der Waals surface area contributed by atoms with E-state index in [0.717, 1.165) is 19.3 Å². The predicted molar refractivity (Wildman–Crippen MR) is 265 cm³/mol. The van der Waals surface area contributed by atoms with Crippen LogP contribution in [0.3, 0.4) is 0 Å². The number of nitrogens with one attached hydrogen (secondary N) is 1. The smallest absolute Gasteiger partial charge is 0.303 e. The van der Waals surface area contributed by atoms with Gasteiger partial charge < -0.3 is 61.4 Å². The number of unbranched alkanes of at least 4 members (excludes halogenated alkanes) is 1. The molecule has 0 bridgehead atoms. The third-order valence-electron chi connectivity index (χ3n) is 11.9. The fourth-order valence-electron chi connectivity index (χ4n) is 8.16. The van der Waals surface area contributed by atoms with Gasteiger partial charge in [-0.2, -0.15) is 15.0 Å². The van der Waals surface area contributed by atoms with Crippen LogP contribution in [0.5, 0.6) is 0 Å². The highest BCUT2D eigenvalue weighted by Gasteiger charge is 2.34. The fourth-order valence-corrected chi connectivity index (χ4v) is 8.16. The largest absolute Gasteiger partial charge is 0.481 e. The van der Waals surface area contributed by atoms with Gasteiger partial charge in [0, 0.05) is 65.3 Å². The molecule has 5 heterocycles. The van der Waals surface area contributed by atoms with Crippen LogP contribution in [0.1, 0.15) is 108 Å². The van der Waals surface area contributed by atoms with Gasteiger partial charge in [-0.15, -0.1) is 29.0 Å². The Hall–Kier alpha value is -5.29.